The van der Waals surface area contributed by atoms with Gasteiger partial charge in [0.1, 0.15) is 48.9 Å². The lowest BCUT2D eigenvalue weighted by molar-refractivity contribution is -0.145. The number of aromatic hydroxyl groups is 1. The van der Waals surface area contributed by atoms with Crippen LogP contribution in [-0.2, 0) is 61.3 Å². The lowest BCUT2D eigenvalue weighted by Crippen LogP contribution is -2.46. The Balaban J connectivity index is 0.000000302. The molecule has 1 amide bonds. The van der Waals surface area contributed by atoms with Crippen molar-refractivity contribution in [3.8, 4) is 23.0 Å². The molecule has 57 heavy (non-hydrogen) atoms. The molecule has 0 bridgehead atoms. The van der Waals surface area contributed by atoms with Crippen LogP contribution < -0.4 is 19.5 Å². The highest BCUT2D eigenvalue weighted by Crippen LogP contribution is 2.22. The van der Waals surface area contributed by atoms with Crippen LogP contribution in [0, 0.1) is 5.92 Å². The van der Waals surface area contributed by atoms with E-state index in [1.165, 1.54) is 0 Å². The number of rotatable bonds is 16. The molecule has 12 nitrogen and oxygen atoms in total. The predicted molar refractivity (Wildman–Crippen MR) is 212 cm³/mol. The number of esters is 3. The van der Waals surface area contributed by atoms with Crippen LogP contribution in [-0.4, -0.2) is 49.4 Å². The summed E-state index contributed by atoms with van der Waals surface area (Å²) in [5, 5.41) is 12.2. The molecule has 1 atom stereocenters. The smallest absolute Gasteiger partial charge is 0.408 e. The van der Waals surface area contributed by atoms with Gasteiger partial charge in [-0.3, -0.25) is 9.59 Å². The quantitative estimate of drug-likeness (QED) is 0.0580. The van der Waals surface area contributed by atoms with Gasteiger partial charge in [-0.25, -0.2) is 9.59 Å². The van der Waals surface area contributed by atoms with Crippen molar-refractivity contribution in [3.63, 3.8) is 0 Å². The van der Waals surface area contributed by atoms with Gasteiger partial charge in [-0.15, -0.1) is 0 Å². The van der Waals surface area contributed by atoms with E-state index in [0.717, 1.165) is 22.4 Å². The number of amides is 1. The maximum atomic E-state index is 12.9. The van der Waals surface area contributed by atoms with Crippen molar-refractivity contribution < 1.29 is 52.7 Å². The molecule has 5 rings (SSSR count). The molecule has 0 radical (unpaired) electrons. The molecule has 0 aliphatic rings. The number of phenols is 1. The molecule has 2 N–H and O–H groups in total. The second kappa shape index (κ2) is 22.5. The maximum Gasteiger partial charge on any atom is 0.408 e. The third-order valence-corrected chi connectivity index (χ3v) is 8.37. The maximum absolute atomic E-state index is 12.9. The summed E-state index contributed by atoms with van der Waals surface area (Å²) < 4.78 is 31.5. The minimum atomic E-state index is -0.946. The minimum Gasteiger partial charge on any atom is -0.508 e. The van der Waals surface area contributed by atoms with E-state index >= 15 is 0 Å². The third kappa shape index (κ3) is 14.7. The number of hydrogen-bond acceptors (Lipinski definition) is 11. The summed E-state index contributed by atoms with van der Waals surface area (Å²) in [6.45, 7) is 3.96. The van der Waals surface area contributed by atoms with Gasteiger partial charge >= 0.3 is 24.0 Å². The van der Waals surface area contributed by atoms with Crippen molar-refractivity contribution in [1.82, 2.24) is 5.32 Å². The van der Waals surface area contributed by atoms with Crippen molar-refractivity contribution in [2.75, 3.05) is 14.2 Å². The molecule has 0 spiro atoms. The Kier molecular flexibility index (Phi) is 17.0. The highest BCUT2D eigenvalue weighted by Gasteiger charge is 2.28. The van der Waals surface area contributed by atoms with Crippen LogP contribution >= 0.6 is 0 Å². The molecule has 0 saturated heterocycles. The van der Waals surface area contributed by atoms with Crippen LogP contribution in [0.4, 0.5) is 4.79 Å². The number of nitrogens with one attached hydrogen (secondary N) is 1. The molecular formula is C45H47NO11. The Hall–Kier alpha value is -6.82. The zero-order chi connectivity index (χ0) is 41.0. The number of ether oxygens (including phenoxy) is 6. The highest BCUT2D eigenvalue weighted by molar-refractivity contribution is 5.84. The number of methoxy groups -OCH3 is 2. The largest absolute Gasteiger partial charge is 0.508 e. The molecule has 0 unspecified atom stereocenters. The Morgan fingerprint density at radius 3 is 1.54 bits per heavy atom. The molecule has 12 heteroatoms. The van der Waals surface area contributed by atoms with E-state index in [4.69, 9.17) is 28.4 Å². The Morgan fingerprint density at radius 1 is 0.561 bits per heavy atom. The lowest BCUT2D eigenvalue weighted by atomic mass is 10.0. The van der Waals surface area contributed by atoms with Crippen LogP contribution in [0.15, 0.2) is 127 Å². The predicted octanol–water partition coefficient (Wildman–Crippen LogP) is 7.52. The number of carbonyl (C=O) groups is 4. The molecule has 0 aliphatic heterocycles. The van der Waals surface area contributed by atoms with Gasteiger partial charge in [0.15, 0.2) is 0 Å². The number of benzene rings is 5. The van der Waals surface area contributed by atoms with E-state index in [1.54, 1.807) is 88.7 Å². The first-order chi connectivity index (χ1) is 27.5. The summed E-state index contributed by atoms with van der Waals surface area (Å²) in [5.74, 6) is 0.0282. The number of carbonyl (C=O) groups excluding carboxylic acids is 4. The van der Waals surface area contributed by atoms with Gasteiger partial charge in [-0.2, -0.15) is 0 Å². The van der Waals surface area contributed by atoms with Gasteiger partial charge in [0.2, 0.25) is 0 Å². The molecule has 0 aromatic heterocycles. The van der Waals surface area contributed by atoms with E-state index < -0.39 is 24.1 Å². The summed E-state index contributed by atoms with van der Waals surface area (Å²) >= 11 is 0. The average Bonchev–Trinajstić information content (AvgIpc) is 3.23. The SMILES string of the molecule is COc1ccc(COC(=O)Cc2ccccc2O)cc1.COc1ccc(COC(=O)Cc2ccccc2OC(=O)[C@@H](NC(=O)OCc2ccccc2)C(C)C)cc1. The molecule has 0 fully saturated rings. The first kappa shape index (κ1) is 42.9. The van der Waals surface area contributed by atoms with E-state index in [2.05, 4.69) is 5.32 Å². The molecular weight excluding hydrogens is 730 g/mol. The molecule has 0 heterocycles. The van der Waals surface area contributed by atoms with Crippen molar-refractivity contribution in [3.05, 3.63) is 155 Å². The summed E-state index contributed by atoms with van der Waals surface area (Å²) in [6.07, 6.45) is -0.753. The Labute approximate surface area is 332 Å². The second-order valence-corrected chi connectivity index (χ2v) is 13.0. The van der Waals surface area contributed by atoms with Crippen molar-refractivity contribution in [1.29, 1.82) is 0 Å². The fraction of sp³-hybridized carbons (Fsp3) is 0.244. The van der Waals surface area contributed by atoms with Crippen LogP contribution in [0.1, 0.15) is 41.7 Å². The van der Waals surface area contributed by atoms with Crippen molar-refractivity contribution in [2.24, 2.45) is 5.92 Å². The molecule has 0 saturated carbocycles. The third-order valence-electron chi connectivity index (χ3n) is 8.37. The van der Waals surface area contributed by atoms with Crippen LogP contribution in [0.3, 0.4) is 0 Å². The number of alkyl carbamates (subject to hydrolysis) is 1. The average molecular weight is 778 g/mol. The molecule has 5 aromatic carbocycles. The number of para-hydroxylation sites is 2. The standard InChI is InChI=1S/C29H31NO7.C16H16O4/c1-20(2)27(30-29(33)36-19-21-9-5-4-6-10-21)28(32)37-25-12-8-7-11-23(25)17-26(31)35-18-22-13-15-24(34-3)16-14-22;1-19-14-8-6-12(7-9-14)11-20-16(18)10-13-4-2-3-5-15(13)17/h4-16,20,27H,17-19H2,1-3H3,(H,30,33);2-9,17H,10-11H2,1H3/t27-;/m0./s1. The molecule has 0 aliphatic carbocycles. The topological polar surface area (TPSA) is 156 Å². The van der Waals surface area contributed by atoms with Gasteiger partial charge in [0.05, 0.1) is 27.1 Å². The number of hydrogen-bond donors (Lipinski definition) is 2. The van der Waals surface area contributed by atoms with Gasteiger partial charge in [-0.1, -0.05) is 105 Å². The van der Waals surface area contributed by atoms with Crippen molar-refractivity contribution >= 4 is 24.0 Å². The minimum absolute atomic E-state index is 0.0584. The molecule has 5 aromatic rings. The number of phenolic OH excluding ortho intramolecular Hbond substituents is 1. The van der Waals surface area contributed by atoms with Gasteiger partial charge in [0, 0.05) is 11.1 Å². The monoisotopic (exact) mass is 777 g/mol. The molecule has 298 valence electrons. The zero-order valence-corrected chi connectivity index (χ0v) is 32.3. The van der Waals surface area contributed by atoms with Crippen LogP contribution in [0.5, 0.6) is 23.0 Å². The zero-order valence-electron chi connectivity index (χ0n) is 32.3. The first-order valence-electron chi connectivity index (χ1n) is 18.1. The van der Waals surface area contributed by atoms with Gasteiger partial charge in [0.25, 0.3) is 0 Å². The van der Waals surface area contributed by atoms with Crippen molar-refractivity contribution in [2.45, 2.75) is 52.6 Å². The fourth-order valence-corrected chi connectivity index (χ4v) is 5.16. The van der Waals surface area contributed by atoms with E-state index in [-0.39, 0.29) is 56.0 Å². The second-order valence-electron chi connectivity index (χ2n) is 13.0. The van der Waals surface area contributed by atoms with E-state index in [0.29, 0.717) is 16.9 Å². The normalized spacial score (nSPS) is 10.9. The van der Waals surface area contributed by atoms with E-state index in [9.17, 15) is 24.3 Å². The van der Waals surface area contributed by atoms with Crippen LogP contribution in [0.25, 0.3) is 0 Å². The van der Waals surface area contributed by atoms with E-state index in [1.807, 2.05) is 66.7 Å². The Morgan fingerprint density at radius 2 is 1.02 bits per heavy atom. The Bertz CT molecular complexity index is 2030. The van der Waals surface area contributed by atoms with Gasteiger partial charge < -0.3 is 38.8 Å². The fourth-order valence-electron chi connectivity index (χ4n) is 5.16. The summed E-state index contributed by atoms with van der Waals surface area (Å²) in [5.41, 5.74) is 3.58. The highest BCUT2D eigenvalue weighted by atomic mass is 16.6. The first-order valence-corrected chi connectivity index (χ1v) is 18.1. The lowest BCUT2D eigenvalue weighted by Gasteiger charge is -2.21. The summed E-state index contributed by atoms with van der Waals surface area (Å²) in [4.78, 5) is 49.4. The van der Waals surface area contributed by atoms with Gasteiger partial charge in [-0.05, 0) is 59.0 Å². The summed E-state index contributed by atoms with van der Waals surface area (Å²) in [6, 6.07) is 36.2. The summed E-state index contributed by atoms with van der Waals surface area (Å²) in [7, 11) is 3.18. The van der Waals surface area contributed by atoms with Crippen LogP contribution in [0.2, 0.25) is 0 Å².